The van der Waals surface area contributed by atoms with E-state index in [2.05, 4.69) is 16.4 Å². The molecule has 0 atom stereocenters. The van der Waals surface area contributed by atoms with Gasteiger partial charge in [0.05, 0.1) is 11.9 Å². The third-order valence-corrected chi connectivity index (χ3v) is 3.21. The summed E-state index contributed by atoms with van der Waals surface area (Å²) in [4.78, 5) is 4.07. The van der Waals surface area contributed by atoms with Gasteiger partial charge in [-0.3, -0.25) is 4.98 Å². The largest absolute Gasteiger partial charge is 0.458 e. The van der Waals surface area contributed by atoms with Crippen LogP contribution < -0.4 is 11.1 Å². The first-order valence-electron chi connectivity index (χ1n) is 5.68. The van der Waals surface area contributed by atoms with Crippen LogP contribution >= 0.6 is 12.4 Å². The van der Waals surface area contributed by atoms with E-state index in [1.54, 1.807) is 12.4 Å². The molecular weight excluding hydrogens is 238 g/mol. The van der Waals surface area contributed by atoms with Crippen molar-refractivity contribution in [2.45, 2.75) is 18.8 Å². The van der Waals surface area contributed by atoms with Crippen molar-refractivity contribution in [3.8, 4) is 0 Å². The maximum absolute atomic E-state index is 5.85. The van der Waals surface area contributed by atoms with Crippen LogP contribution in [0.1, 0.15) is 24.5 Å². The molecule has 0 unspecified atom stereocenters. The standard InChI is InChI=1S/C12H15N3O.ClH/c13-10-7-15-6-9-5-11(16-12(9)10)8-1-3-14-4-2-8;/h5-8,14H,1-4,13H2;1H. The SMILES string of the molecule is Cl.Nc1cncc2cc(C3CCNCC3)oc12. The number of nitrogen functional groups attached to an aromatic ring is 1. The molecule has 2 aromatic heterocycles. The van der Waals surface area contributed by atoms with E-state index in [-0.39, 0.29) is 12.4 Å². The van der Waals surface area contributed by atoms with Gasteiger partial charge >= 0.3 is 0 Å². The van der Waals surface area contributed by atoms with Crippen LogP contribution in [-0.2, 0) is 0 Å². The van der Waals surface area contributed by atoms with E-state index in [1.165, 1.54) is 0 Å². The Balaban J connectivity index is 0.00000108. The second-order valence-electron chi connectivity index (χ2n) is 4.32. The maximum atomic E-state index is 5.85. The van der Waals surface area contributed by atoms with Gasteiger partial charge in [-0.1, -0.05) is 0 Å². The second-order valence-corrected chi connectivity index (χ2v) is 4.32. The molecule has 17 heavy (non-hydrogen) atoms. The number of halogens is 1. The Bertz CT molecular complexity index is 505. The first-order chi connectivity index (χ1) is 7.84. The predicted octanol–water partition coefficient (Wildman–Crippen LogP) is 2.30. The fraction of sp³-hybridized carbons (Fsp3) is 0.417. The van der Waals surface area contributed by atoms with Crippen molar-refractivity contribution >= 4 is 29.1 Å². The molecule has 1 aliphatic heterocycles. The van der Waals surface area contributed by atoms with Crippen LogP contribution in [0.15, 0.2) is 22.9 Å². The molecule has 3 heterocycles. The number of hydrogen-bond donors (Lipinski definition) is 2. The highest BCUT2D eigenvalue weighted by molar-refractivity contribution is 5.87. The lowest BCUT2D eigenvalue weighted by Gasteiger charge is -2.20. The minimum absolute atomic E-state index is 0. The Kier molecular flexibility index (Phi) is 3.54. The van der Waals surface area contributed by atoms with Gasteiger partial charge < -0.3 is 15.5 Å². The smallest absolute Gasteiger partial charge is 0.160 e. The van der Waals surface area contributed by atoms with Crippen LogP contribution in [0.5, 0.6) is 0 Å². The van der Waals surface area contributed by atoms with Crippen LogP contribution in [-0.4, -0.2) is 18.1 Å². The molecule has 2 aromatic rings. The molecule has 1 aliphatic rings. The third kappa shape index (κ3) is 2.23. The van der Waals surface area contributed by atoms with Gasteiger partial charge in [0, 0.05) is 17.5 Å². The van der Waals surface area contributed by atoms with E-state index in [0.717, 1.165) is 42.7 Å². The number of pyridine rings is 1. The van der Waals surface area contributed by atoms with Gasteiger partial charge in [-0.25, -0.2) is 0 Å². The summed E-state index contributed by atoms with van der Waals surface area (Å²) in [6.07, 6.45) is 5.71. The Morgan fingerprint density at radius 2 is 2.06 bits per heavy atom. The Labute approximate surface area is 106 Å². The number of furan rings is 1. The molecule has 92 valence electrons. The monoisotopic (exact) mass is 253 g/mol. The summed E-state index contributed by atoms with van der Waals surface area (Å²) in [5.41, 5.74) is 7.23. The van der Waals surface area contributed by atoms with Crippen LogP contribution in [0, 0.1) is 0 Å². The van der Waals surface area contributed by atoms with E-state index in [4.69, 9.17) is 10.2 Å². The average molecular weight is 254 g/mol. The Morgan fingerprint density at radius 3 is 2.76 bits per heavy atom. The third-order valence-electron chi connectivity index (χ3n) is 3.21. The Hall–Kier alpha value is -1.26. The van der Waals surface area contributed by atoms with Gasteiger partial charge in [0.2, 0.25) is 0 Å². The summed E-state index contributed by atoms with van der Waals surface area (Å²) < 4.78 is 5.85. The molecule has 0 spiro atoms. The fourth-order valence-corrected chi connectivity index (χ4v) is 2.31. The molecule has 0 aliphatic carbocycles. The molecule has 0 amide bonds. The molecule has 4 nitrogen and oxygen atoms in total. The molecule has 3 N–H and O–H groups in total. The summed E-state index contributed by atoms with van der Waals surface area (Å²) >= 11 is 0. The molecule has 5 heteroatoms. The van der Waals surface area contributed by atoms with Crippen molar-refractivity contribution < 1.29 is 4.42 Å². The summed E-state index contributed by atoms with van der Waals surface area (Å²) in [6, 6.07) is 2.08. The van der Waals surface area contributed by atoms with Crippen molar-refractivity contribution in [2.24, 2.45) is 0 Å². The zero-order valence-corrected chi connectivity index (χ0v) is 10.3. The number of nitrogens with zero attached hydrogens (tertiary/aromatic N) is 1. The van der Waals surface area contributed by atoms with E-state index in [9.17, 15) is 0 Å². The number of rotatable bonds is 1. The lowest BCUT2D eigenvalue weighted by atomic mass is 9.95. The van der Waals surface area contributed by atoms with Gasteiger partial charge in [0.15, 0.2) is 5.58 Å². The molecule has 3 rings (SSSR count). The first-order valence-corrected chi connectivity index (χ1v) is 5.68. The number of aromatic nitrogens is 1. The van der Waals surface area contributed by atoms with Gasteiger partial charge in [-0.05, 0) is 32.0 Å². The van der Waals surface area contributed by atoms with Gasteiger partial charge in [-0.2, -0.15) is 0 Å². The van der Waals surface area contributed by atoms with Crippen molar-refractivity contribution in [1.29, 1.82) is 0 Å². The van der Waals surface area contributed by atoms with Crippen molar-refractivity contribution in [3.63, 3.8) is 0 Å². The molecule has 1 fully saturated rings. The van der Waals surface area contributed by atoms with E-state index < -0.39 is 0 Å². The summed E-state index contributed by atoms with van der Waals surface area (Å²) in [6.45, 7) is 2.13. The molecule has 0 bridgehead atoms. The molecule has 0 aromatic carbocycles. The number of nitrogens with two attached hydrogens (primary N) is 1. The van der Waals surface area contributed by atoms with Gasteiger partial charge in [0.25, 0.3) is 0 Å². The summed E-state index contributed by atoms with van der Waals surface area (Å²) in [7, 11) is 0. The van der Waals surface area contributed by atoms with Crippen molar-refractivity contribution in [1.82, 2.24) is 10.3 Å². The zero-order valence-electron chi connectivity index (χ0n) is 9.48. The minimum atomic E-state index is 0. The van der Waals surface area contributed by atoms with Crippen molar-refractivity contribution in [3.05, 3.63) is 24.2 Å². The lowest BCUT2D eigenvalue weighted by molar-refractivity contribution is 0.398. The normalized spacial score (nSPS) is 16.9. The predicted molar refractivity (Wildman–Crippen MR) is 70.5 cm³/mol. The van der Waals surface area contributed by atoms with Gasteiger partial charge in [-0.15, -0.1) is 12.4 Å². The summed E-state index contributed by atoms with van der Waals surface area (Å²) in [5, 5.41) is 4.36. The van der Waals surface area contributed by atoms with E-state index in [0.29, 0.717) is 11.6 Å². The highest BCUT2D eigenvalue weighted by Gasteiger charge is 2.19. The molecular formula is C12H16ClN3O. The molecule has 0 saturated carbocycles. The number of anilines is 1. The van der Waals surface area contributed by atoms with E-state index >= 15 is 0 Å². The van der Waals surface area contributed by atoms with Crippen molar-refractivity contribution in [2.75, 3.05) is 18.8 Å². The van der Waals surface area contributed by atoms with Crippen LogP contribution in [0.25, 0.3) is 11.0 Å². The quantitative estimate of drug-likeness (QED) is 0.819. The van der Waals surface area contributed by atoms with Gasteiger partial charge in [0.1, 0.15) is 5.76 Å². The van der Waals surface area contributed by atoms with Crippen LogP contribution in [0.4, 0.5) is 5.69 Å². The Morgan fingerprint density at radius 1 is 1.29 bits per heavy atom. The van der Waals surface area contributed by atoms with Crippen LogP contribution in [0.3, 0.4) is 0 Å². The highest BCUT2D eigenvalue weighted by atomic mass is 35.5. The first kappa shape index (κ1) is 12.2. The minimum Gasteiger partial charge on any atom is -0.458 e. The molecule has 1 saturated heterocycles. The molecule has 0 radical (unpaired) electrons. The average Bonchev–Trinajstić information content (AvgIpc) is 2.76. The highest BCUT2D eigenvalue weighted by Crippen LogP contribution is 2.32. The zero-order chi connectivity index (χ0) is 11.0. The number of fused-ring (bicyclic) bond motifs is 1. The number of hydrogen-bond acceptors (Lipinski definition) is 4. The fourth-order valence-electron chi connectivity index (χ4n) is 2.31. The number of nitrogens with one attached hydrogen (secondary N) is 1. The lowest BCUT2D eigenvalue weighted by Crippen LogP contribution is -2.26. The summed E-state index contributed by atoms with van der Waals surface area (Å²) in [5.74, 6) is 1.57. The topological polar surface area (TPSA) is 64.1 Å². The maximum Gasteiger partial charge on any atom is 0.160 e. The second kappa shape index (κ2) is 4.94. The van der Waals surface area contributed by atoms with E-state index in [1.807, 2.05) is 0 Å². The van der Waals surface area contributed by atoms with Crippen LogP contribution in [0.2, 0.25) is 0 Å². The number of piperidine rings is 1.